The van der Waals surface area contributed by atoms with Gasteiger partial charge >= 0.3 is 5.97 Å². The fraction of sp³-hybridized carbons (Fsp3) is 0.286. The molecule has 1 aromatic rings. The summed E-state index contributed by atoms with van der Waals surface area (Å²) in [4.78, 5) is 18.2. The molecule has 0 aromatic carbocycles. The van der Waals surface area contributed by atoms with E-state index >= 15 is 0 Å². The van der Waals surface area contributed by atoms with Crippen LogP contribution in [0.4, 0.5) is 5.82 Å². The predicted octanol–water partition coefficient (Wildman–Crippen LogP) is 0.374. The maximum absolute atomic E-state index is 10.5. The number of nitrogens with two attached hydrogens (primary N) is 1. The molecule has 0 saturated heterocycles. The first kappa shape index (κ1) is 8.45. The van der Waals surface area contributed by atoms with Crippen molar-refractivity contribution in [3.05, 3.63) is 17.1 Å². The molecule has 0 saturated carbocycles. The van der Waals surface area contributed by atoms with Gasteiger partial charge in [-0.25, -0.2) is 14.8 Å². The third kappa shape index (κ3) is 1.34. The lowest BCUT2D eigenvalue weighted by molar-refractivity contribution is 0.0689. The van der Waals surface area contributed by atoms with Crippen LogP contribution in [-0.4, -0.2) is 21.0 Å². The van der Waals surface area contributed by atoms with Gasteiger partial charge in [-0.3, -0.25) is 0 Å². The van der Waals surface area contributed by atoms with Crippen LogP contribution in [0.15, 0.2) is 0 Å². The smallest absolute Gasteiger partial charge is 0.356 e. The van der Waals surface area contributed by atoms with E-state index in [-0.39, 0.29) is 11.5 Å². The third-order valence-corrected chi connectivity index (χ3v) is 1.48. The molecule has 64 valence electrons. The van der Waals surface area contributed by atoms with Crippen LogP contribution in [0.2, 0.25) is 0 Å². The molecule has 0 fully saturated rings. The highest BCUT2D eigenvalue weighted by molar-refractivity contribution is 5.86. The van der Waals surface area contributed by atoms with Gasteiger partial charge in [-0.15, -0.1) is 0 Å². The molecule has 1 rings (SSSR count). The van der Waals surface area contributed by atoms with Crippen LogP contribution in [0.3, 0.4) is 0 Å². The highest BCUT2D eigenvalue weighted by Gasteiger charge is 2.11. The topological polar surface area (TPSA) is 89.1 Å². The quantitative estimate of drug-likeness (QED) is 0.630. The van der Waals surface area contributed by atoms with Crippen LogP contribution < -0.4 is 5.73 Å². The molecular formula is C7H9N3O2. The largest absolute Gasteiger partial charge is 0.476 e. The van der Waals surface area contributed by atoms with Crippen LogP contribution >= 0.6 is 0 Å². The third-order valence-electron chi connectivity index (χ3n) is 1.48. The summed E-state index contributed by atoms with van der Waals surface area (Å²) >= 11 is 0. The summed E-state index contributed by atoms with van der Waals surface area (Å²) in [6.07, 6.45) is 0. The lowest BCUT2D eigenvalue weighted by atomic mass is 10.3. The highest BCUT2D eigenvalue weighted by Crippen LogP contribution is 2.08. The van der Waals surface area contributed by atoms with Crippen LogP contribution in [0.5, 0.6) is 0 Å². The summed E-state index contributed by atoms with van der Waals surface area (Å²) in [7, 11) is 0. The number of carboxylic acid groups (broad SMARTS) is 1. The number of carboxylic acids is 1. The van der Waals surface area contributed by atoms with Gasteiger partial charge in [0.25, 0.3) is 0 Å². The summed E-state index contributed by atoms with van der Waals surface area (Å²) in [5, 5.41) is 8.64. The lowest BCUT2D eigenvalue weighted by Gasteiger charge is -2.02. The maximum Gasteiger partial charge on any atom is 0.356 e. The Hall–Kier alpha value is -1.65. The van der Waals surface area contributed by atoms with Crippen molar-refractivity contribution in [1.29, 1.82) is 0 Å². The van der Waals surface area contributed by atoms with Crippen LogP contribution in [0, 0.1) is 13.8 Å². The van der Waals surface area contributed by atoms with Crippen molar-refractivity contribution < 1.29 is 9.90 Å². The van der Waals surface area contributed by atoms with Gasteiger partial charge in [0, 0.05) is 0 Å². The van der Waals surface area contributed by atoms with Gasteiger partial charge in [0.05, 0.1) is 11.4 Å². The second-order valence-corrected chi connectivity index (χ2v) is 2.43. The summed E-state index contributed by atoms with van der Waals surface area (Å²) in [6.45, 7) is 3.18. The van der Waals surface area contributed by atoms with Crippen LogP contribution in [0.25, 0.3) is 0 Å². The first-order valence-corrected chi connectivity index (χ1v) is 3.36. The number of anilines is 1. The lowest BCUT2D eigenvalue weighted by Crippen LogP contribution is -2.09. The Morgan fingerprint density at radius 3 is 2.42 bits per heavy atom. The molecule has 12 heavy (non-hydrogen) atoms. The monoisotopic (exact) mass is 167 g/mol. The van der Waals surface area contributed by atoms with E-state index in [1.54, 1.807) is 13.8 Å². The molecule has 0 radical (unpaired) electrons. The molecule has 0 amide bonds. The van der Waals surface area contributed by atoms with E-state index < -0.39 is 5.97 Å². The summed E-state index contributed by atoms with van der Waals surface area (Å²) < 4.78 is 0. The molecule has 0 unspecified atom stereocenters. The van der Waals surface area contributed by atoms with E-state index in [1.807, 2.05) is 0 Å². The zero-order valence-corrected chi connectivity index (χ0v) is 6.83. The van der Waals surface area contributed by atoms with Gasteiger partial charge < -0.3 is 10.8 Å². The molecule has 1 heterocycles. The first-order chi connectivity index (χ1) is 5.52. The molecule has 0 spiro atoms. The van der Waals surface area contributed by atoms with Crippen LogP contribution in [-0.2, 0) is 0 Å². The number of nitrogens with zero attached hydrogens (tertiary/aromatic N) is 2. The standard InChI is InChI=1S/C7H9N3O2/c1-3-5(7(11)12)9-4(2)6(8)10-3/h1-2H3,(H2,8,10)(H,11,12). The van der Waals surface area contributed by atoms with Crippen molar-refractivity contribution >= 4 is 11.8 Å². The van der Waals surface area contributed by atoms with E-state index in [2.05, 4.69) is 9.97 Å². The van der Waals surface area contributed by atoms with Gasteiger partial charge in [0.15, 0.2) is 5.69 Å². The van der Waals surface area contributed by atoms with Gasteiger partial charge in [-0.1, -0.05) is 0 Å². The van der Waals surface area contributed by atoms with E-state index in [4.69, 9.17) is 10.8 Å². The van der Waals surface area contributed by atoms with Gasteiger partial charge in [0.1, 0.15) is 5.82 Å². The molecule has 0 bridgehead atoms. The highest BCUT2D eigenvalue weighted by atomic mass is 16.4. The van der Waals surface area contributed by atoms with E-state index in [1.165, 1.54) is 0 Å². The fourth-order valence-electron chi connectivity index (χ4n) is 0.823. The number of hydrogen-bond acceptors (Lipinski definition) is 4. The zero-order valence-electron chi connectivity index (χ0n) is 6.83. The molecule has 0 aliphatic rings. The molecule has 0 aliphatic carbocycles. The molecule has 3 N–H and O–H groups in total. The minimum atomic E-state index is -1.08. The molecule has 5 heteroatoms. The Labute approximate surface area is 69.3 Å². The average Bonchev–Trinajstić information content (AvgIpc) is 1.96. The Morgan fingerprint density at radius 1 is 1.33 bits per heavy atom. The summed E-state index contributed by atoms with van der Waals surface area (Å²) in [5.41, 5.74) is 6.16. The van der Waals surface area contributed by atoms with Crippen molar-refractivity contribution in [1.82, 2.24) is 9.97 Å². The normalized spacial score (nSPS) is 9.83. The van der Waals surface area contributed by atoms with E-state index in [9.17, 15) is 4.79 Å². The SMILES string of the molecule is Cc1nc(C(=O)O)c(C)nc1N. The van der Waals surface area contributed by atoms with Gasteiger partial charge in [-0.2, -0.15) is 0 Å². The molecule has 1 aromatic heterocycles. The Kier molecular flexibility index (Phi) is 1.95. The molecule has 0 atom stereocenters. The van der Waals surface area contributed by atoms with E-state index in [0.29, 0.717) is 11.4 Å². The summed E-state index contributed by atoms with van der Waals surface area (Å²) in [5.74, 6) is -0.805. The van der Waals surface area contributed by atoms with Gasteiger partial charge in [0.2, 0.25) is 0 Å². The predicted molar refractivity (Wildman–Crippen MR) is 42.9 cm³/mol. The van der Waals surface area contributed by atoms with Crippen molar-refractivity contribution in [3.63, 3.8) is 0 Å². The number of hydrogen-bond donors (Lipinski definition) is 2. The Balaban J connectivity index is 3.33. The van der Waals surface area contributed by atoms with Crippen molar-refractivity contribution in [3.8, 4) is 0 Å². The number of rotatable bonds is 1. The number of nitrogen functional groups attached to an aromatic ring is 1. The van der Waals surface area contributed by atoms with Crippen molar-refractivity contribution in [2.75, 3.05) is 5.73 Å². The Bertz CT molecular complexity index is 336. The first-order valence-electron chi connectivity index (χ1n) is 3.36. The Morgan fingerprint density at radius 2 is 1.92 bits per heavy atom. The second kappa shape index (κ2) is 2.77. The van der Waals surface area contributed by atoms with Crippen molar-refractivity contribution in [2.45, 2.75) is 13.8 Å². The summed E-state index contributed by atoms with van der Waals surface area (Å²) in [6, 6.07) is 0. The molecular weight excluding hydrogens is 158 g/mol. The second-order valence-electron chi connectivity index (χ2n) is 2.43. The zero-order chi connectivity index (χ0) is 9.30. The van der Waals surface area contributed by atoms with E-state index in [0.717, 1.165) is 0 Å². The molecule has 0 aliphatic heterocycles. The number of carbonyl (C=O) groups is 1. The average molecular weight is 167 g/mol. The fourth-order valence-corrected chi connectivity index (χ4v) is 0.823. The number of aromatic nitrogens is 2. The van der Waals surface area contributed by atoms with Gasteiger partial charge in [-0.05, 0) is 13.8 Å². The maximum atomic E-state index is 10.5. The minimum Gasteiger partial charge on any atom is -0.476 e. The van der Waals surface area contributed by atoms with Crippen molar-refractivity contribution in [2.24, 2.45) is 0 Å². The number of aryl methyl sites for hydroxylation is 2. The van der Waals surface area contributed by atoms with Crippen LogP contribution in [0.1, 0.15) is 21.9 Å². The number of aromatic carboxylic acids is 1. The minimum absolute atomic E-state index is 0.0401. The molecule has 5 nitrogen and oxygen atoms in total.